The van der Waals surface area contributed by atoms with Crippen LogP contribution in [0.1, 0.15) is 82.0 Å². The molecular formula is C19H29NO3. The van der Waals surface area contributed by atoms with Crippen molar-refractivity contribution in [2.75, 3.05) is 27.1 Å². The van der Waals surface area contributed by atoms with Crippen LogP contribution in [0.3, 0.4) is 0 Å². The first-order chi connectivity index (χ1) is 22.4. The number of piperidine rings is 1. The summed E-state index contributed by atoms with van der Waals surface area (Å²) in [7, 11) is -7.38. The highest BCUT2D eigenvalue weighted by Gasteiger charge is 2.38. The number of nitrogens with zero attached hydrogens (tertiary/aromatic N) is 1. The molecule has 1 fully saturated rings. The van der Waals surface area contributed by atoms with Gasteiger partial charge in [-0.25, -0.2) is 0 Å². The van der Waals surface area contributed by atoms with Crippen molar-refractivity contribution in [3.63, 3.8) is 0 Å². The van der Waals surface area contributed by atoms with Crippen LogP contribution in [0.2, 0.25) is 0 Å². The van der Waals surface area contributed by atoms with Gasteiger partial charge in [-0.3, -0.25) is 4.90 Å². The van der Waals surface area contributed by atoms with Crippen LogP contribution < -0.4 is 9.47 Å². The molecule has 0 amide bonds. The zero-order chi connectivity index (χ0) is 41.7. The van der Waals surface area contributed by atoms with Crippen LogP contribution in [0.15, 0.2) is 12.1 Å². The number of aliphatic hydroxyl groups is 1. The molecule has 0 aromatic heterocycles. The lowest BCUT2D eigenvalue weighted by atomic mass is 9.79. The van der Waals surface area contributed by atoms with Crippen molar-refractivity contribution in [2.24, 2.45) is 11.8 Å². The third kappa shape index (κ3) is 3.20. The van der Waals surface area contributed by atoms with E-state index in [1.165, 1.54) is 0 Å². The second kappa shape index (κ2) is 6.70. The van der Waals surface area contributed by atoms with Gasteiger partial charge in [0.15, 0.2) is 11.5 Å². The molecular weight excluding hydrogens is 290 g/mol. The highest BCUT2D eigenvalue weighted by Crippen LogP contribution is 2.43. The van der Waals surface area contributed by atoms with Crippen LogP contribution in [0, 0.1) is 11.8 Å². The summed E-state index contributed by atoms with van der Waals surface area (Å²) in [6, 6.07) is -8.02. The van der Waals surface area contributed by atoms with E-state index in [0.29, 0.717) is 0 Å². The monoisotopic (exact) mass is 348 g/mol. The largest absolute Gasteiger partial charge is 0.493 e. The van der Waals surface area contributed by atoms with E-state index in [0.717, 1.165) is 0 Å². The van der Waals surface area contributed by atoms with Crippen molar-refractivity contribution in [2.45, 2.75) is 44.9 Å². The molecule has 0 radical (unpaired) electrons. The first-order valence-corrected chi connectivity index (χ1v) is 5.94. The van der Waals surface area contributed by atoms with Crippen molar-refractivity contribution in [3.05, 3.63) is 23.2 Å². The summed E-state index contributed by atoms with van der Waals surface area (Å²) in [6.07, 6.45) is -18.9. The SMILES string of the molecule is [2H]OC1([2H])C([2H])([2H])C2([2H])c3c([2H])c(OC([2H])([2H])[2H])c(OC([2H])([2H])[2H])c([2H])c3C([2H])([2H])C([2H])([2H])N2C([2H])([2H])C1([2H])C([2H])([2H])C([2H])(C([2H])([2H])[2H])C([2H])([2H])[2H]. The Kier molecular flexibility index (Phi) is 0.979. The zero-order valence-electron chi connectivity index (χ0n) is 40.2. The molecule has 3 rings (SSSR count). The minimum atomic E-state index is -5.07. The summed E-state index contributed by atoms with van der Waals surface area (Å²) < 4.78 is 250. The van der Waals surface area contributed by atoms with E-state index in [1.807, 2.05) is 0 Å². The molecule has 4 nitrogen and oxygen atoms in total. The summed E-state index contributed by atoms with van der Waals surface area (Å²) in [5.74, 6) is -13.1. The highest BCUT2D eigenvalue weighted by molar-refractivity contribution is 5.49. The molecule has 2 aliphatic rings. The normalized spacial score (nSPS) is 67.6. The Balaban J connectivity index is 2.81. The second-order valence-electron chi connectivity index (χ2n) is 4.22. The fourth-order valence-electron chi connectivity index (χ4n) is 1.90. The molecule has 1 saturated heterocycles. The van der Waals surface area contributed by atoms with Gasteiger partial charge in [0, 0.05) is 43.7 Å². The van der Waals surface area contributed by atoms with Crippen LogP contribution in [0.5, 0.6) is 11.5 Å². The summed E-state index contributed by atoms with van der Waals surface area (Å²) in [5.41, 5.74) is -3.55. The van der Waals surface area contributed by atoms with E-state index >= 15 is 0 Å². The maximum absolute atomic E-state index is 9.40. The van der Waals surface area contributed by atoms with Gasteiger partial charge in [-0.05, 0) is 54.1 Å². The van der Waals surface area contributed by atoms with E-state index in [4.69, 9.17) is 38.4 Å². The fraction of sp³-hybridized carbons (Fsp3) is 0.684. The molecule has 0 saturated carbocycles. The number of rotatable bonds is 5. The summed E-state index contributed by atoms with van der Waals surface area (Å²) in [6.45, 7) is -18.3. The Hall–Kier alpha value is -1.26. The van der Waals surface area contributed by atoms with E-state index < -0.39 is 123 Å². The van der Waals surface area contributed by atoms with Crippen molar-refractivity contribution in [1.29, 1.82) is 1.43 Å². The van der Waals surface area contributed by atoms with E-state index in [1.54, 1.807) is 0 Å². The highest BCUT2D eigenvalue weighted by atomic mass is 16.5. The van der Waals surface area contributed by atoms with Crippen LogP contribution >= 0.6 is 0 Å². The van der Waals surface area contributed by atoms with Gasteiger partial charge in [-0.1, -0.05) is 13.7 Å². The van der Waals surface area contributed by atoms with Gasteiger partial charge in [-0.15, -0.1) is 0 Å². The van der Waals surface area contributed by atoms with Crippen molar-refractivity contribution in [3.8, 4) is 11.5 Å². The number of ether oxygens (including phenoxy) is 2. The molecule has 0 spiro atoms. The predicted molar refractivity (Wildman–Crippen MR) is 91.1 cm³/mol. The third-order valence-corrected chi connectivity index (χ3v) is 2.82. The molecule has 1 aromatic carbocycles. The average Bonchev–Trinajstić information content (AvgIpc) is 2.90. The van der Waals surface area contributed by atoms with Gasteiger partial charge >= 0.3 is 0 Å². The molecule has 4 heteroatoms. The Morgan fingerprint density at radius 1 is 1.57 bits per heavy atom. The molecule has 128 valence electrons. The number of methoxy groups -OCH3 is 2. The summed E-state index contributed by atoms with van der Waals surface area (Å²) in [5, 5.41) is 4.10. The fourth-order valence-corrected chi connectivity index (χ4v) is 1.90. The molecule has 0 aliphatic carbocycles. The molecule has 2 aliphatic heterocycles. The topological polar surface area (TPSA) is 41.9 Å². The molecule has 3 unspecified atom stereocenters. The standard InChI is InChI=1S/C19H29NO3/c1-12(2)7-14-11-20-6-5-13-8-18(22-3)19(23-4)9-15(13)16(20)10-17(14)21/h8-9,12,14,16-17,21H,5-7,10-11H2,1-4H3/i1D3,2D3,3D3,4D3,5D2,6D2,7D2,8D,9D,10D2,11D2,12D,14D,16D,17D,21D. The smallest absolute Gasteiger partial charge is 0.210 e. The number of hydrogen-bond acceptors (Lipinski definition) is 4. The van der Waals surface area contributed by atoms with Crippen LogP contribution in [-0.4, -0.2) is 44.6 Å². The second-order valence-corrected chi connectivity index (χ2v) is 4.22. The van der Waals surface area contributed by atoms with Crippen LogP contribution in [0.25, 0.3) is 0 Å². The number of hydrogen-bond donors (Lipinski definition) is 1. The maximum atomic E-state index is 9.40. The summed E-state index contributed by atoms with van der Waals surface area (Å²) in [4.78, 5) is -0.966. The third-order valence-electron chi connectivity index (χ3n) is 2.82. The van der Waals surface area contributed by atoms with Crippen LogP contribution in [0.4, 0.5) is 0 Å². The average molecular weight is 349 g/mol. The minimum absolute atomic E-state index is 0.966. The van der Waals surface area contributed by atoms with Gasteiger partial charge in [0.1, 0.15) is 0 Å². The molecule has 1 N–H and O–H groups in total. The van der Waals surface area contributed by atoms with Gasteiger partial charge in [0.2, 0.25) is 1.43 Å². The van der Waals surface area contributed by atoms with Crippen molar-refractivity contribution >= 4 is 0 Å². The van der Waals surface area contributed by atoms with Crippen molar-refractivity contribution < 1.29 is 53.0 Å². The lowest BCUT2D eigenvalue weighted by molar-refractivity contribution is -0.0191. The Labute approximate surface area is 180 Å². The zero-order valence-corrected chi connectivity index (χ0v) is 11.2. The summed E-state index contributed by atoms with van der Waals surface area (Å²) >= 11 is 0. The number of benzene rings is 1. The van der Waals surface area contributed by atoms with E-state index in [9.17, 15) is 1.37 Å². The molecule has 0 bridgehead atoms. The maximum Gasteiger partial charge on any atom is 0.210 e. The predicted octanol–water partition coefficient (Wildman–Crippen LogP) is 3.03. The van der Waals surface area contributed by atoms with Gasteiger partial charge in [-0.2, -0.15) is 0 Å². The minimum Gasteiger partial charge on any atom is -0.493 e. The van der Waals surface area contributed by atoms with Gasteiger partial charge in [0.05, 0.1) is 33.9 Å². The lowest BCUT2D eigenvalue weighted by Gasteiger charge is -2.46. The van der Waals surface area contributed by atoms with E-state index in [2.05, 4.69) is 14.6 Å². The first kappa shape index (κ1) is 3.36. The molecule has 1 aromatic rings. The van der Waals surface area contributed by atoms with Gasteiger partial charge in [0.25, 0.3) is 0 Å². The van der Waals surface area contributed by atoms with Crippen LogP contribution in [-0.2, 0) is 6.37 Å². The Morgan fingerprint density at radius 2 is 2.39 bits per heavy atom. The van der Waals surface area contributed by atoms with E-state index in [-0.39, 0.29) is 0 Å². The lowest BCUT2D eigenvalue weighted by Crippen LogP contribution is -2.48. The van der Waals surface area contributed by atoms with Gasteiger partial charge < -0.3 is 14.6 Å². The Morgan fingerprint density at radius 3 is 3.13 bits per heavy atom. The van der Waals surface area contributed by atoms with Crippen molar-refractivity contribution in [1.82, 2.24) is 4.90 Å². The Bertz CT molecular complexity index is 1590. The first-order valence-electron chi connectivity index (χ1n) is 20.3. The molecule has 3 atom stereocenters. The number of fused-ring (bicyclic) bond motifs is 3. The quantitative estimate of drug-likeness (QED) is 0.888. The molecule has 2 heterocycles. The molecule has 23 heavy (non-hydrogen) atoms.